The number of benzene rings is 1. The number of nitrogens with zero attached hydrogens (tertiary/aromatic N) is 1. The van der Waals surface area contributed by atoms with E-state index in [0.29, 0.717) is 12.3 Å². The molecule has 0 aliphatic heterocycles. The van der Waals surface area contributed by atoms with Crippen LogP contribution < -0.4 is 0 Å². The van der Waals surface area contributed by atoms with Gasteiger partial charge in [0.25, 0.3) is 0 Å². The maximum absolute atomic E-state index is 12.6. The van der Waals surface area contributed by atoms with Crippen molar-refractivity contribution >= 4 is 17.6 Å². The predicted molar refractivity (Wildman–Crippen MR) is 74.8 cm³/mol. The van der Waals surface area contributed by atoms with E-state index in [4.69, 9.17) is 11.6 Å². The fraction of sp³-hybridized carbons (Fsp3) is 0.200. The molecular weight excluding hydrogens is 319 g/mol. The minimum atomic E-state index is -4.58. The van der Waals surface area contributed by atoms with Crippen molar-refractivity contribution < 1.29 is 23.1 Å². The van der Waals surface area contributed by atoms with Gasteiger partial charge in [0.2, 0.25) is 0 Å². The van der Waals surface area contributed by atoms with Crippen molar-refractivity contribution in [2.45, 2.75) is 18.5 Å². The summed E-state index contributed by atoms with van der Waals surface area (Å²) in [6, 6.07) is 9.43. The van der Waals surface area contributed by atoms with E-state index in [1.165, 1.54) is 0 Å². The second-order valence-electron chi connectivity index (χ2n) is 4.67. The zero-order valence-corrected chi connectivity index (χ0v) is 11.9. The standard InChI is InChI=1S/C15H11ClF3NO2/c16-12-7-10(15(17,18)19)8-20-13(12)11(14(21)22)6-9-4-2-1-3-5-9/h1-5,7-8,11H,6H2,(H,21,22)/t11-/m1/s1. The molecule has 0 bridgehead atoms. The summed E-state index contributed by atoms with van der Waals surface area (Å²) in [6.07, 6.45) is -3.89. The van der Waals surface area contributed by atoms with E-state index in [-0.39, 0.29) is 17.1 Å². The number of aliphatic carboxylic acids is 1. The van der Waals surface area contributed by atoms with E-state index in [1.807, 2.05) is 0 Å². The molecule has 0 radical (unpaired) electrons. The molecule has 7 heteroatoms. The number of carboxylic acid groups (broad SMARTS) is 1. The van der Waals surface area contributed by atoms with Crippen molar-refractivity contribution in [3.8, 4) is 0 Å². The third kappa shape index (κ3) is 3.76. The lowest BCUT2D eigenvalue weighted by Gasteiger charge is -2.15. The molecule has 0 amide bonds. The molecule has 2 rings (SSSR count). The highest BCUT2D eigenvalue weighted by atomic mass is 35.5. The molecule has 1 aromatic heterocycles. The summed E-state index contributed by atoms with van der Waals surface area (Å²) in [5, 5.41) is 9.01. The summed E-state index contributed by atoms with van der Waals surface area (Å²) in [7, 11) is 0. The zero-order valence-electron chi connectivity index (χ0n) is 11.1. The number of aromatic nitrogens is 1. The van der Waals surface area contributed by atoms with Crippen LogP contribution >= 0.6 is 11.6 Å². The van der Waals surface area contributed by atoms with Crippen molar-refractivity contribution in [3.63, 3.8) is 0 Å². The molecule has 0 unspecified atom stereocenters. The molecule has 2 aromatic rings. The molecule has 1 aromatic carbocycles. The van der Waals surface area contributed by atoms with Gasteiger partial charge in [0.15, 0.2) is 0 Å². The average Bonchev–Trinajstić information content (AvgIpc) is 2.45. The summed E-state index contributed by atoms with van der Waals surface area (Å²) in [4.78, 5) is 15.0. The first-order chi connectivity index (χ1) is 10.3. The van der Waals surface area contributed by atoms with Gasteiger partial charge in [-0.25, -0.2) is 0 Å². The van der Waals surface area contributed by atoms with Crippen LogP contribution in [0.3, 0.4) is 0 Å². The van der Waals surface area contributed by atoms with E-state index in [1.54, 1.807) is 30.3 Å². The van der Waals surface area contributed by atoms with Crippen molar-refractivity contribution in [1.82, 2.24) is 4.98 Å². The van der Waals surface area contributed by atoms with Crippen molar-refractivity contribution in [2.24, 2.45) is 0 Å². The monoisotopic (exact) mass is 329 g/mol. The molecule has 0 aliphatic rings. The largest absolute Gasteiger partial charge is 0.481 e. The maximum atomic E-state index is 12.6. The van der Waals surface area contributed by atoms with Crippen molar-refractivity contribution in [1.29, 1.82) is 0 Å². The number of hydrogen-bond acceptors (Lipinski definition) is 2. The van der Waals surface area contributed by atoms with E-state index in [9.17, 15) is 23.1 Å². The topological polar surface area (TPSA) is 50.2 Å². The van der Waals surface area contributed by atoms with Gasteiger partial charge in [0.1, 0.15) is 5.92 Å². The summed E-state index contributed by atoms with van der Waals surface area (Å²) in [5.41, 5.74) is -0.358. The fourth-order valence-corrected chi connectivity index (χ4v) is 2.31. The highest BCUT2D eigenvalue weighted by Crippen LogP contribution is 2.33. The summed E-state index contributed by atoms with van der Waals surface area (Å²) in [6.45, 7) is 0. The quantitative estimate of drug-likeness (QED) is 0.916. The van der Waals surface area contributed by atoms with E-state index in [2.05, 4.69) is 4.98 Å². The van der Waals surface area contributed by atoms with Crippen LogP contribution in [0.5, 0.6) is 0 Å². The van der Waals surface area contributed by atoms with Gasteiger partial charge in [-0.2, -0.15) is 13.2 Å². The Morgan fingerprint density at radius 3 is 2.41 bits per heavy atom. The molecule has 1 N–H and O–H groups in total. The molecule has 3 nitrogen and oxygen atoms in total. The number of carboxylic acids is 1. The van der Waals surface area contributed by atoms with Crippen LogP contribution in [0, 0.1) is 0 Å². The van der Waals surface area contributed by atoms with Gasteiger partial charge in [0.05, 0.1) is 16.3 Å². The number of alkyl halides is 3. The Morgan fingerprint density at radius 2 is 1.91 bits per heavy atom. The van der Waals surface area contributed by atoms with E-state index >= 15 is 0 Å². The Bertz CT molecular complexity index is 674. The molecule has 0 fully saturated rings. The normalized spacial score (nSPS) is 12.9. The van der Waals surface area contributed by atoms with Crippen LogP contribution in [-0.2, 0) is 17.4 Å². The molecule has 0 aliphatic carbocycles. The lowest BCUT2D eigenvalue weighted by Crippen LogP contribution is -2.17. The fourth-order valence-electron chi connectivity index (χ4n) is 2.01. The summed E-state index contributed by atoms with van der Waals surface area (Å²) in [5.74, 6) is -2.31. The molecule has 22 heavy (non-hydrogen) atoms. The van der Waals surface area contributed by atoms with Gasteiger partial charge in [-0.1, -0.05) is 41.9 Å². The maximum Gasteiger partial charge on any atom is 0.417 e. The van der Waals surface area contributed by atoms with Gasteiger partial charge in [-0.05, 0) is 18.1 Å². The first kappa shape index (κ1) is 16.3. The first-order valence-electron chi connectivity index (χ1n) is 6.28. The van der Waals surface area contributed by atoms with Gasteiger partial charge in [-0.15, -0.1) is 0 Å². The summed E-state index contributed by atoms with van der Waals surface area (Å²) < 4.78 is 37.8. The van der Waals surface area contributed by atoms with Crippen LogP contribution in [0.1, 0.15) is 22.7 Å². The molecule has 1 heterocycles. The lowest BCUT2D eigenvalue weighted by atomic mass is 9.95. The second kappa shape index (κ2) is 6.36. The predicted octanol–water partition coefficient (Wildman–Crippen LogP) is 4.16. The first-order valence-corrected chi connectivity index (χ1v) is 6.66. The number of halogens is 4. The third-order valence-electron chi connectivity index (χ3n) is 3.11. The molecular formula is C15H11ClF3NO2. The van der Waals surface area contributed by atoms with E-state index < -0.39 is 23.6 Å². The Labute approximate surface area is 129 Å². The third-order valence-corrected chi connectivity index (χ3v) is 3.41. The molecule has 0 spiro atoms. The van der Waals surface area contributed by atoms with Crippen molar-refractivity contribution in [3.05, 3.63) is 64.4 Å². The molecule has 0 saturated carbocycles. The van der Waals surface area contributed by atoms with Gasteiger partial charge >= 0.3 is 12.1 Å². The van der Waals surface area contributed by atoms with Crippen LogP contribution in [0.2, 0.25) is 5.02 Å². The number of pyridine rings is 1. The minimum Gasteiger partial charge on any atom is -0.481 e. The SMILES string of the molecule is O=C(O)[C@H](Cc1ccccc1)c1ncc(C(F)(F)F)cc1Cl. The number of hydrogen-bond donors (Lipinski definition) is 1. The molecule has 116 valence electrons. The molecule has 1 atom stereocenters. The Balaban J connectivity index is 2.35. The second-order valence-corrected chi connectivity index (χ2v) is 5.08. The van der Waals surface area contributed by atoms with Crippen molar-refractivity contribution in [2.75, 3.05) is 0 Å². The van der Waals surface area contributed by atoms with Crippen LogP contribution in [-0.4, -0.2) is 16.1 Å². The number of rotatable bonds is 4. The highest BCUT2D eigenvalue weighted by Gasteiger charge is 2.33. The smallest absolute Gasteiger partial charge is 0.417 e. The highest BCUT2D eigenvalue weighted by molar-refractivity contribution is 6.31. The van der Waals surface area contributed by atoms with Crippen LogP contribution in [0.4, 0.5) is 13.2 Å². The van der Waals surface area contributed by atoms with Crippen LogP contribution in [0.25, 0.3) is 0 Å². The Hall–Kier alpha value is -2.08. The number of carbonyl (C=O) groups is 1. The van der Waals surface area contributed by atoms with Gasteiger partial charge in [-0.3, -0.25) is 9.78 Å². The van der Waals surface area contributed by atoms with Gasteiger partial charge < -0.3 is 5.11 Å². The summed E-state index contributed by atoms with van der Waals surface area (Å²) >= 11 is 5.81. The lowest BCUT2D eigenvalue weighted by molar-refractivity contribution is -0.138. The van der Waals surface area contributed by atoms with Crippen LogP contribution in [0.15, 0.2) is 42.6 Å². The minimum absolute atomic E-state index is 0.0778. The Morgan fingerprint density at radius 1 is 1.27 bits per heavy atom. The van der Waals surface area contributed by atoms with Gasteiger partial charge in [0, 0.05) is 6.20 Å². The molecule has 0 saturated heterocycles. The average molecular weight is 330 g/mol. The Kier molecular flexibility index (Phi) is 4.71. The van der Waals surface area contributed by atoms with E-state index in [0.717, 1.165) is 5.56 Å². The zero-order chi connectivity index (χ0) is 16.3.